The second kappa shape index (κ2) is 6.20. The first-order chi connectivity index (χ1) is 12.2. The van der Waals surface area contributed by atoms with Gasteiger partial charge in [0.15, 0.2) is 11.5 Å². The lowest BCUT2D eigenvalue weighted by Crippen LogP contribution is -2.16. The van der Waals surface area contributed by atoms with Crippen molar-refractivity contribution >= 4 is 11.6 Å². The van der Waals surface area contributed by atoms with Gasteiger partial charge in [-0.2, -0.15) is 4.98 Å². The Bertz CT molecular complexity index is 970. The molecule has 4 rings (SSSR count). The van der Waals surface area contributed by atoms with E-state index in [-0.39, 0.29) is 17.4 Å². The largest absolute Gasteiger partial charge is 0.493 e. The predicted molar refractivity (Wildman–Crippen MR) is 92.7 cm³/mol. The van der Waals surface area contributed by atoms with Crippen LogP contribution in [0.1, 0.15) is 0 Å². The van der Waals surface area contributed by atoms with E-state index in [0.717, 1.165) is 5.69 Å². The minimum Gasteiger partial charge on any atom is -0.493 e. The summed E-state index contributed by atoms with van der Waals surface area (Å²) in [5.41, 5.74) is 0.872. The number of fused-ring (bicyclic) bond motifs is 1. The monoisotopic (exact) mass is 337 g/mol. The van der Waals surface area contributed by atoms with Crippen LogP contribution in [-0.4, -0.2) is 28.3 Å². The molecule has 3 aromatic rings. The predicted octanol–water partition coefficient (Wildman–Crippen LogP) is 2.66. The van der Waals surface area contributed by atoms with Gasteiger partial charge in [0.25, 0.3) is 5.56 Å². The van der Waals surface area contributed by atoms with Crippen molar-refractivity contribution in [3.8, 4) is 28.5 Å². The molecular weight excluding hydrogens is 322 g/mol. The molecule has 0 saturated carbocycles. The van der Waals surface area contributed by atoms with E-state index in [0.29, 0.717) is 30.3 Å². The van der Waals surface area contributed by atoms with Crippen LogP contribution in [0.3, 0.4) is 0 Å². The summed E-state index contributed by atoms with van der Waals surface area (Å²) in [4.78, 5) is 19.1. The van der Waals surface area contributed by atoms with Gasteiger partial charge >= 0.3 is 0 Å². The Morgan fingerprint density at radius 1 is 1.04 bits per heavy atom. The SMILES string of the molecule is O=c1[nH]c(Nc2ccccc2)nc(O)c1-c1ccc2c(c1)OCCO2. The van der Waals surface area contributed by atoms with E-state index in [1.165, 1.54) is 0 Å². The summed E-state index contributed by atoms with van der Waals surface area (Å²) in [6, 6.07) is 14.3. The van der Waals surface area contributed by atoms with E-state index in [2.05, 4.69) is 15.3 Å². The topological polar surface area (TPSA) is 96.5 Å². The molecule has 0 fully saturated rings. The molecular formula is C18H15N3O4. The second-order valence-corrected chi connectivity index (χ2v) is 5.46. The third-order valence-electron chi connectivity index (χ3n) is 3.77. The Morgan fingerprint density at radius 2 is 1.80 bits per heavy atom. The summed E-state index contributed by atoms with van der Waals surface area (Å²) in [7, 11) is 0. The van der Waals surface area contributed by atoms with Crippen molar-refractivity contribution in [2.75, 3.05) is 18.5 Å². The number of H-pyrrole nitrogens is 1. The summed E-state index contributed by atoms with van der Waals surface area (Å²) in [6.07, 6.45) is 0. The zero-order chi connectivity index (χ0) is 17.2. The smallest absolute Gasteiger partial charge is 0.264 e. The highest BCUT2D eigenvalue weighted by atomic mass is 16.6. The van der Waals surface area contributed by atoms with Crippen LogP contribution < -0.4 is 20.3 Å². The number of anilines is 2. The lowest BCUT2D eigenvalue weighted by Gasteiger charge is -2.18. The number of hydrogen-bond acceptors (Lipinski definition) is 6. The summed E-state index contributed by atoms with van der Waals surface area (Å²) in [5, 5.41) is 13.2. The molecule has 126 valence electrons. The average molecular weight is 337 g/mol. The van der Waals surface area contributed by atoms with E-state index in [9.17, 15) is 9.90 Å². The number of aromatic hydroxyl groups is 1. The fourth-order valence-electron chi connectivity index (χ4n) is 2.64. The number of rotatable bonds is 3. The molecule has 1 aliphatic rings. The molecule has 3 N–H and O–H groups in total. The Morgan fingerprint density at radius 3 is 2.56 bits per heavy atom. The third kappa shape index (κ3) is 2.99. The maximum absolute atomic E-state index is 12.5. The number of para-hydroxylation sites is 1. The van der Waals surface area contributed by atoms with E-state index < -0.39 is 5.56 Å². The Labute approximate surface area is 142 Å². The van der Waals surface area contributed by atoms with Gasteiger partial charge in [0.2, 0.25) is 11.8 Å². The molecule has 2 aromatic carbocycles. The normalized spacial score (nSPS) is 12.6. The van der Waals surface area contributed by atoms with Gasteiger partial charge in [0.1, 0.15) is 18.8 Å². The van der Waals surface area contributed by atoms with E-state index in [1.807, 2.05) is 30.3 Å². The molecule has 0 saturated heterocycles. The highest BCUT2D eigenvalue weighted by Gasteiger charge is 2.17. The van der Waals surface area contributed by atoms with Gasteiger partial charge in [-0.05, 0) is 29.8 Å². The molecule has 7 heteroatoms. The molecule has 1 aromatic heterocycles. The fraction of sp³-hybridized carbons (Fsp3) is 0.111. The van der Waals surface area contributed by atoms with Crippen molar-refractivity contribution < 1.29 is 14.6 Å². The minimum atomic E-state index is -0.456. The number of hydrogen-bond donors (Lipinski definition) is 3. The molecule has 0 spiro atoms. The van der Waals surface area contributed by atoms with Crippen LogP contribution in [0.4, 0.5) is 11.6 Å². The van der Waals surface area contributed by atoms with Gasteiger partial charge in [-0.25, -0.2) is 0 Å². The average Bonchev–Trinajstić information content (AvgIpc) is 2.62. The molecule has 2 heterocycles. The summed E-state index contributed by atoms with van der Waals surface area (Å²) in [6.45, 7) is 0.927. The lowest BCUT2D eigenvalue weighted by molar-refractivity contribution is 0.171. The third-order valence-corrected chi connectivity index (χ3v) is 3.77. The minimum absolute atomic E-state index is 0.0792. The quantitative estimate of drug-likeness (QED) is 0.680. The van der Waals surface area contributed by atoms with Crippen molar-refractivity contribution in [3.63, 3.8) is 0 Å². The second-order valence-electron chi connectivity index (χ2n) is 5.46. The molecule has 25 heavy (non-hydrogen) atoms. The maximum Gasteiger partial charge on any atom is 0.264 e. The van der Waals surface area contributed by atoms with Crippen molar-refractivity contribution in [2.24, 2.45) is 0 Å². The van der Waals surface area contributed by atoms with Crippen LogP contribution in [0, 0.1) is 0 Å². The Kier molecular flexibility index (Phi) is 3.74. The molecule has 0 unspecified atom stereocenters. The number of aromatic amines is 1. The van der Waals surface area contributed by atoms with Crippen LogP contribution in [0.15, 0.2) is 53.3 Å². The van der Waals surface area contributed by atoms with Gasteiger partial charge in [0, 0.05) is 5.69 Å². The van der Waals surface area contributed by atoms with Gasteiger partial charge in [0.05, 0.1) is 0 Å². The number of nitrogens with one attached hydrogen (secondary N) is 2. The maximum atomic E-state index is 12.5. The van der Waals surface area contributed by atoms with Gasteiger partial charge < -0.3 is 19.9 Å². The first kappa shape index (κ1) is 15.1. The van der Waals surface area contributed by atoms with Crippen LogP contribution in [0.2, 0.25) is 0 Å². The standard InChI is InChI=1S/C18H15N3O4/c22-16-15(11-6-7-13-14(10-11)25-9-8-24-13)17(23)21-18(20-16)19-12-4-2-1-3-5-12/h1-7,10H,8-9H2,(H3,19,20,21,22,23). The zero-order valence-electron chi connectivity index (χ0n) is 13.2. The molecule has 0 amide bonds. The van der Waals surface area contributed by atoms with E-state index in [1.54, 1.807) is 18.2 Å². The van der Waals surface area contributed by atoms with E-state index >= 15 is 0 Å². The molecule has 0 atom stereocenters. The first-order valence-electron chi connectivity index (χ1n) is 7.76. The summed E-state index contributed by atoms with van der Waals surface area (Å²) in [5.74, 6) is 0.948. The first-order valence-corrected chi connectivity index (χ1v) is 7.76. The van der Waals surface area contributed by atoms with Crippen molar-refractivity contribution in [2.45, 2.75) is 0 Å². The van der Waals surface area contributed by atoms with Crippen molar-refractivity contribution in [1.29, 1.82) is 0 Å². The summed E-state index contributed by atoms with van der Waals surface area (Å²) < 4.78 is 11.0. The number of aromatic nitrogens is 2. The van der Waals surface area contributed by atoms with Gasteiger partial charge in [-0.1, -0.05) is 24.3 Å². The van der Waals surface area contributed by atoms with Crippen LogP contribution in [-0.2, 0) is 0 Å². The highest BCUT2D eigenvalue weighted by Crippen LogP contribution is 2.35. The van der Waals surface area contributed by atoms with Gasteiger partial charge in [-0.3, -0.25) is 9.78 Å². The van der Waals surface area contributed by atoms with E-state index in [4.69, 9.17) is 9.47 Å². The molecule has 0 bridgehead atoms. The van der Waals surface area contributed by atoms with Gasteiger partial charge in [-0.15, -0.1) is 0 Å². The molecule has 0 radical (unpaired) electrons. The van der Waals surface area contributed by atoms with Crippen LogP contribution in [0.5, 0.6) is 17.4 Å². The molecule has 1 aliphatic heterocycles. The number of benzene rings is 2. The van der Waals surface area contributed by atoms with Crippen molar-refractivity contribution in [3.05, 3.63) is 58.9 Å². The fourth-order valence-corrected chi connectivity index (χ4v) is 2.64. The zero-order valence-corrected chi connectivity index (χ0v) is 13.2. The molecule has 7 nitrogen and oxygen atoms in total. The number of ether oxygens (including phenoxy) is 2. The summed E-state index contributed by atoms with van der Waals surface area (Å²) >= 11 is 0. The van der Waals surface area contributed by atoms with Crippen LogP contribution in [0.25, 0.3) is 11.1 Å². The number of nitrogens with zero attached hydrogens (tertiary/aromatic N) is 1. The van der Waals surface area contributed by atoms with Crippen LogP contribution >= 0.6 is 0 Å². The van der Waals surface area contributed by atoms with Crippen molar-refractivity contribution in [1.82, 2.24) is 9.97 Å². The highest BCUT2D eigenvalue weighted by molar-refractivity contribution is 5.71. The molecule has 0 aliphatic carbocycles. The lowest BCUT2D eigenvalue weighted by atomic mass is 10.1. The Hall–Kier alpha value is -3.48. The Balaban J connectivity index is 1.70.